The summed E-state index contributed by atoms with van der Waals surface area (Å²) in [6.07, 6.45) is 12.3. The SMILES string of the molecule is CCCCCC(CCCC)C(O)CCCC. The molecule has 0 spiro atoms. The van der Waals surface area contributed by atoms with Gasteiger partial charge in [0.15, 0.2) is 0 Å². The van der Waals surface area contributed by atoms with E-state index in [2.05, 4.69) is 20.8 Å². The van der Waals surface area contributed by atoms with Crippen molar-refractivity contribution in [3.63, 3.8) is 0 Å². The summed E-state index contributed by atoms with van der Waals surface area (Å²) in [6.45, 7) is 6.68. The molecule has 0 radical (unpaired) electrons. The molecule has 0 aromatic heterocycles. The lowest BCUT2D eigenvalue weighted by molar-refractivity contribution is 0.0839. The van der Waals surface area contributed by atoms with Gasteiger partial charge in [0.25, 0.3) is 0 Å². The fourth-order valence-electron chi connectivity index (χ4n) is 2.30. The number of hydrogen-bond acceptors (Lipinski definition) is 1. The van der Waals surface area contributed by atoms with Gasteiger partial charge in [0.2, 0.25) is 0 Å². The average molecular weight is 228 g/mol. The highest BCUT2D eigenvalue weighted by molar-refractivity contribution is 4.69. The van der Waals surface area contributed by atoms with Crippen molar-refractivity contribution in [3.8, 4) is 0 Å². The van der Waals surface area contributed by atoms with E-state index in [4.69, 9.17) is 0 Å². The Labute approximate surface area is 103 Å². The normalized spacial score (nSPS) is 15.0. The molecule has 2 atom stereocenters. The molecule has 1 N–H and O–H groups in total. The van der Waals surface area contributed by atoms with Gasteiger partial charge in [-0.15, -0.1) is 0 Å². The summed E-state index contributed by atoms with van der Waals surface area (Å²) < 4.78 is 0. The quantitative estimate of drug-likeness (QED) is 0.497. The van der Waals surface area contributed by atoms with Crippen LogP contribution in [0.25, 0.3) is 0 Å². The van der Waals surface area contributed by atoms with Gasteiger partial charge in [-0.25, -0.2) is 0 Å². The molecule has 0 saturated carbocycles. The Hall–Kier alpha value is -0.0400. The molecule has 0 aliphatic rings. The Bertz CT molecular complexity index is 133. The van der Waals surface area contributed by atoms with Crippen LogP contribution in [-0.4, -0.2) is 11.2 Å². The van der Waals surface area contributed by atoms with Gasteiger partial charge in [-0.1, -0.05) is 65.7 Å². The molecule has 0 aliphatic carbocycles. The Morgan fingerprint density at radius 3 is 1.75 bits per heavy atom. The summed E-state index contributed by atoms with van der Waals surface area (Å²) in [7, 11) is 0. The van der Waals surface area contributed by atoms with Crippen molar-refractivity contribution in [1.82, 2.24) is 0 Å². The standard InChI is InChI=1S/C15H32O/c1-4-7-10-12-14(11-8-5-2)15(16)13-9-6-3/h14-16H,4-13H2,1-3H3. The molecule has 98 valence electrons. The smallest absolute Gasteiger partial charge is 0.0568 e. The first-order chi connectivity index (χ1) is 7.76. The lowest BCUT2D eigenvalue weighted by Crippen LogP contribution is -2.20. The van der Waals surface area contributed by atoms with Crippen molar-refractivity contribution in [2.75, 3.05) is 0 Å². The van der Waals surface area contributed by atoms with Crippen LogP contribution in [0, 0.1) is 5.92 Å². The van der Waals surface area contributed by atoms with Gasteiger partial charge in [0, 0.05) is 0 Å². The van der Waals surface area contributed by atoms with E-state index in [1.165, 1.54) is 57.8 Å². The largest absolute Gasteiger partial charge is 0.393 e. The third-order valence-electron chi connectivity index (χ3n) is 3.50. The van der Waals surface area contributed by atoms with Crippen molar-refractivity contribution in [2.45, 2.75) is 91.1 Å². The minimum absolute atomic E-state index is 0.0386. The molecule has 0 aromatic carbocycles. The lowest BCUT2D eigenvalue weighted by Gasteiger charge is -2.22. The van der Waals surface area contributed by atoms with Gasteiger partial charge in [-0.05, 0) is 25.2 Å². The van der Waals surface area contributed by atoms with Gasteiger partial charge < -0.3 is 5.11 Å². The van der Waals surface area contributed by atoms with Crippen LogP contribution in [-0.2, 0) is 0 Å². The second-order valence-corrected chi connectivity index (χ2v) is 5.11. The predicted octanol–water partition coefficient (Wildman–Crippen LogP) is 4.92. The Morgan fingerprint density at radius 1 is 0.688 bits per heavy atom. The van der Waals surface area contributed by atoms with Crippen LogP contribution >= 0.6 is 0 Å². The average Bonchev–Trinajstić information content (AvgIpc) is 2.30. The van der Waals surface area contributed by atoms with Gasteiger partial charge in [-0.3, -0.25) is 0 Å². The van der Waals surface area contributed by atoms with E-state index >= 15 is 0 Å². The fourth-order valence-corrected chi connectivity index (χ4v) is 2.30. The zero-order valence-corrected chi connectivity index (χ0v) is 11.7. The van der Waals surface area contributed by atoms with E-state index in [0.717, 1.165) is 6.42 Å². The number of unbranched alkanes of at least 4 members (excludes halogenated alkanes) is 4. The van der Waals surface area contributed by atoms with Crippen LogP contribution in [0.4, 0.5) is 0 Å². The number of aliphatic hydroxyl groups is 1. The number of hydrogen-bond donors (Lipinski definition) is 1. The van der Waals surface area contributed by atoms with Crippen molar-refractivity contribution >= 4 is 0 Å². The summed E-state index contributed by atoms with van der Waals surface area (Å²) in [6, 6.07) is 0. The van der Waals surface area contributed by atoms with Crippen LogP contribution in [0.2, 0.25) is 0 Å². The molecule has 1 nitrogen and oxygen atoms in total. The van der Waals surface area contributed by atoms with Crippen molar-refractivity contribution in [2.24, 2.45) is 5.92 Å². The van der Waals surface area contributed by atoms with Gasteiger partial charge in [0.05, 0.1) is 6.10 Å². The first kappa shape index (κ1) is 16.0. The number of rotatable bonds is 11. The maximum absolute atomic E-state index is 10.2. The summed E-state index contributed by atoms with van der Waals surface area (Å²) >= 11 is 0. The molecule has 0 fully saturated rings. The van der Waals surface area contributed by atoms with E-state index in [1.54, 1.807) is 0 Å². The van der Waals surface area contributed by atoms with Crippen LogP contribution in [0.1, 0.15) is 85.0 Å². The second-order valence-electron chi connectivity index (χ2n) is 5.11. The molecular weight excluding hydrogens is 196 g/mol. The van der Waals surface area contributed by atoms with Crippen LogP contribution in [0.15, 0.2) is 0 Å². The fraction of sp³-hybridized carbons (Fsp3) is 1.00. The Balaban J connectivity index is 3.86. The van der Waals surface area contributed by atoms with Gasteiger partial charge in [0.1, 0.15) is 0 Å². The first-order valence-corrected chi connectivity index (χ1v) is 7.44. The van der Waals surface area contributed by atoms with E-state index in [0.29, 0.717) is 5.92 Å². The molecule has 0 aliphatic heterocycles. The molecular formula is C15H32O. The molecule has 2 unspecified atom stereocenters. The zero-order chi connectivity index (χ0) is 12.2. The Morgan fingerprint density at radius 2 is 1.19 bits per heavy atom. The van der Waals surface area contributed by atoms with Crippen molar-refractivity contribution < 1.29 is 5.11 Å². The summed E-state index contributed by atoms with van der Waals surface area (Å²) in [5.74, 6) is 0.568. The molecule has 0 heterocycles. The van der Waals surface area contributed by atoms with E-state index < -0.39 is 0 Å². The summed E-state index contributed by atoms with van der Waals surface area (Å²) in [5, 5.41) is 10.2. The van der Waals surface area contributed by atoms with E-state index in [9.17, 15) is 5.11 Å². The van der Waals surface area contributed by atoms with Gasteiger partial charge >= 0.3 is 0 Å². The van der Waals surface area contributed by atoms with Crippen molar-refractivity contribution in [3.05, 3.63) is 0 Å². The third kappa shape index (κ3) is 8.15. The highest BCUT2D eigenvalue weighted by Crippen LogP contribution is 2.23. The Kier molecular flexibility index (Phi) is 11.4. The highest BCUT2D eigenvalue weighted by Gasteiger charge is 2.17. The third-order valence-corrected chi connectivity index (χ3v) is 3.50. The minimum atomic E-state index is -0.0386. The molecule has 1 heteroatoms. The monoisotopic (exact) mass is 228 g/mol. The predicted molar refractivity (Wildman–Crippen MR) is 72.7 cm³/mol. The van der Waals surface area contributed by atoms with Crippen LogP contribution in [0.5, 0.6) is 0 Å². The van der Waals surface area contributed by atoms with Crippen LogP contribution < -0.4 is 0 Å². The molecule has 0 aromatic rings. The van der Waals surface area contributed by atoms with Crippen molar-refractivity contribution in [1.29, 1.82) is 0 Å². The van der Waals surface area contributed by atoms with Gasteiger partial charge in [-0.2, -0.15) is 0 Å². The molecule has 0 amide bonds. The first-order valence-electron chi connectivity index (χ1n) is 7.44. The highest BCUT2D eigenvalue weighted by atomic mass is 16.3. The summed E-state index contributed by atoms with van der Waals surface area (Å²) in [4.78, 5) is 0. The zero-order valence-electron chi connectivity index (χ0n) is 11.7. The second kappa shape index (κ2) is 11.4. The van der Waals surface area contributed by atoms with E-state index in [1.807, 2.05) is 0 Å². The molecule has 0 rings (SSSR count). The van der Waals surface area contributed by atoms with E-state index in [-0.39, 0.29) is 6.10 Å². The topological polar surface area (TPSA) is 20.2 Å². The number of aliphatic hydroxyl groups excluding tert-OH is 1. The summed E-state index contributed by atoms with van der Waals surface area (Å²) in [5.41, 5.74) is 0. The minimum Gasteiger partial charge on any atom is -0.393 e. The lowest BCUT2D eigenvalue weighted by atomic mass is 9.88. The maximum atomic E-state index is 10.2. The molecule has 16 heavy (non-hydrogen) atoms. The molecule has 0 bridgehead atoms. The van der Waals surface area contributed by atoms with Crippen LogP contribution in [0.3, 0.4) is 0 Å². The maximum Gasteiger partial charge on any atom is 0.0568 e. The molecule has 0 saturated heterocycles.